The summed E-state index contributed by atoms with van der Waals surface area (Å²) in [4.78, 5) is 13.2. The molecule has 3 aromatic rings. The second kappa shape index (κ2) is 10.5. The van der Waals surface area contributed by atoms with Crippen molar-refractivity contribution in [1.29, 1.82) is 0 Å². The minimum Gasteiger partial charge on any atom is -0.478 e. The van der Waals surface area contributed by atoms with Crippen LogP contribution in [0.25, 0.3) is 17.2 Å². The van der Waals surface area contributed by atoms with Gasteiger partial charge in [0.15, 0.2) is 0 Å². The maximum Gasteiger partial charge on any atom is 0.328 e. The number of anilines is 1. The average Bonchev–Trinajstić information content (AvgIpc) is 2.84. The first-order valence-corrected chi connectivity index (χ1v) is 11.7. The number of hydrogen-bond donors (Lipinski definition) is 1. The van der Waals surface area contributed by atoms with E-state index in [0.717, 1.165) is 49.1 Å². The maximum atomic E-state index is 10.9. The van der Waals surface area contributed by atoms with Gasteiger partial charge in [0.25, 0.3) is 0 Å². The lowest BCUT2D eigenvalue weighted by molar-refractivity contribution is -0.131. The van der Waals surface area contributed by atoms with E-state index in [9.17, 15) is 4.79 Å². The second-order valence-electron chi connectivity index (χ2n) is 8.76. The van der Waals surface area contributed by atoms with Gasteiger partial charge in [-0.15, -0.1) is 0 Å². The standard InChI is InChI=1S/C30H31NO3/c1-21-4-14-28(22(2)20-21)23(3)30(25-8-5-24(6-9-25)7-15-29(32)33)26-10-12-27(13-11-26)31-16-18-34-19-17-31/h4-15,20H,16-19H2,1-3H3,(H,32,33)/b15-7+,30-23+. The summed E-state index contributed by atoms with van der Waals surface area (Å²) in [5, 5.41) is 8.92. The minimum atomic E-state index is -0.948. The first-order valence-electron chi connectivity index (χ1n) is 11.7. The number of ether oxygens (including phenoxy) is 1. The van der Waals surface area contributed by atoms with E-state index in [2.05, 4.69) is 80.3 Å². The van der Waals surface area contributed by atoms with Crippen LogP contribution in [0.4, 0.5) is 5.69 Å². The molecule has 1 saturated heterocycles. The van der Waals surface area contributed by atoms with Crippen molar-refractivity contribution >= 4 is 28.9 Å². The number of benzene rings is 3. The number of hydrogen-bond acceptors (Lipinski definition) is 3. The summed E-state index contributed by atoms with van der Waals surface area (Å²) >= 11 is 0. The predicted octanol–water partition coefficient (Wildman–Crippen LogP) is 6.22. The van der Waals surface area contributed by atoms with Crippen LogP contribution in [-0.2, 0) is 9.53 Å². The molecule has 34 heavy (non-hydrogen) atoms. The molecule has 0 bridgehead atoms. The quantitative estimate of drug-likeness (QED) is 0.356. The molecule has 3 aromatic carbocycles. The van der Waals surface area contributed by atoms with E-state index >= 15 is 0 Å². The predicted molar refractivity (Wildman–Crippen MR) is 140 cm³/mol. The number of rotatable bonds is 6. The Morgan fingerprint density at radius 1 is 0.912 bits per heavy atom. The van der Waals surface area contributed by atoms with Crippen LogP contribution in [0.3, 0.4) is 0 Å². The van der Waals surface area contributed by atoms with Crippen molar-refractivity contribution in [3.05, 3.63) is 106 Å². The molecule has 1 aliphatic rings. The monoisotopic (exact) mass is 453 g/mol. The Morgan fingerprint density at radius 2 is 1.53 bits per heavy atom. The molecular formula is C30H31NO3. The van der Waals surface area contributed by atoms with E-state index in [1.807, 2.05) is 12.1 Å². The maximum absolute atomic E-state index is 10.9. The van der Waals surface area contributed by atoms with Gasteiger partial charge in [0, 0.05) is 24.9 Å². The van der Waals surface area contributed by atoms with Crippen LogP contribution in [0.1, 0.15) is 40.3 Å². The lowest BCUT2D eigenvalue weighted by Crippen LogP contribution is -2.36. The first-order chi connectivity index (χ1) is 16.4. The number of carboxylic acid groups (broad SMARTS) is 1. The van der Waals surface area contributed by atoms with Crippen LogP contribution in [0.15, 0.2) is 72.8 Å². The Hall–Kier alpha value is -3.63. The van der Waals surface area contributed by atoms with Gasteiger partial charge in [0.05, 0.1) is 13.2 Å². The zero-order valence-electron chi connectivity index (χ0n) is 20.0. The summed E-state index contributed by atoms with van der Waals surface area (Å²) in [6.45, 7) is 9.81. The third-order valence-electron chi connectivity index (χ3n) is 6.31. The van der Waals surface area contributed by atoms with E-state index in [0.29, 0.717) is 0 Å². The Kier molecular flexibility index (Phi) is 7.29. The molecule has 1 heterocycles. The van der Waals surface area contributed by atoms with Crippen LogP contribution in [0, 0.1) is 13.8 Å². The van der Waals surface area contributed by atoms with Gasteiger partial charge in [-0.3, -0.25) is 0 Å². The summed E-state index contributed by atoms with van der Waals surface area (Å²) < 4.78 is 5.49. The van der Waals surface area contributed by atoms with Gasteiger partial charge in [-0.2, -0.15) is 0 Å². The zero-order valence-corrected chi connectivity index (χ0v) is 20.0. The fraction of sp³-hybridized carbons (Fsp3) is 0.233. The molecule has 1 aliphatic heterocycles. The molecule has 4 nitrogen and oxygen atoms in total. The summed E-state index contributed by atoms with van der Waals surface area (Å²) in [6.07, 6.45) is 2.78. The van der Waals surface area contributed by atoms with E-state index in [-0.39, 0.29) is 0 Å². The van der Waals surface area contributed by atoms with E-state index in [4.69, 9.17) is 9.84 Å². The third-order valence-corrected chi connectivity index (χ3v) is 6.31. The van der Waals surface area contributed by atoms with Crippen molar-refractivity contribution in [1.82, 2.24) is 0 Å². The van der Waals surface area contributed by atoms with E-state index < -0.39 is 5.97 Å². The minimum absolute atomic E-state index is 0.765. The number of allylic oxidation sites excluding steroid dienone is 1. The average molecular weight is 454 g/mol. The third kappa shape index (κ3) is 5.46. The number of morpholine rings is 1. The number of carboxylic acids is 1. The largest absolute Gasteiger partial charge is 0.478 e. The molecule has 0 radical (unpaired) electrons. The topological polar surface area (TPSA) is 49.8 Å². The smallest absolute Gasteiger partial charge is 0.328 e. The van der Waals surface area contributed by atoms with Crippen molar-refractivity contribution in [2.24, 2.45) is 0 Å². The highest BCUT2D eigenvalue weighted by Gasteiger charge is 2.15. The Morgan fingerprint density at radius 3 is 2.12 bits per heavy atom. The molecule has 1 fully saturated rings. The molecule has 0 amide bonds. The molecule has 174 valence electrons. The molecule has 1 N–H and O–H groups in total. The van der Waals surface area contributed by atoms with Crippen molar-refractivity contribution in [2.75, 3.05) is 31.2 Å². The van der Waals surface area contributed by atoms with Crippen molar-refractivity contribution in [3.8, 4) is 0 Å². The summed E-state index contributed by atoms with van der Waals surface area (Å²) in [6, 6.07) is 23.4. The molecular weight excluding hydrogens is 422 g/mol. The lowest BCUT2D eigenvalue weighted by Gasteiger charge is -2.29. The summed E-state index contributed by atoms with van der Waals surface area (Å²) in [5.41, 5.74) is 10.4. The highest BCUT2D eigenvalue weighted by Crippen LogP contribution is 2.34. The molecule has 0 unspecified atom stereocenters. The van der Waals surface area contributed by atoms with Gasteiger partial charge in [-0.05, 0) is 77.9 Å². The summed E-state index contributed by atoms with van der Waals surface area (Å²) in [7, 11) is 0. The second-order valence-corrected chi connectivity index (χ2v) is 8.76. The van der Waals surface area contributed by atoms with Gasteiger partial charge in [-0.1, -0.05) is 60.2 Å². The van der Waals surface area contributed by atoms with Gasteiger partial charge in [-0.25, -0.2) is 4.79 Å². The Labute approximate surface area is 201 Å². The van der Waals surface area contributed by atoms with Crippen LogP contribution >= 0.6 is 0 Å². The number of carbonyl (C=O) groups is 1. The van der Waals surface area contributed by atoms with Crippen LogP contribution in [0.5, 0.6) is 0 Å². The first kappa shape index (κ1) is 23.5. The molecule has 0 aromatic heterocycles. The van der Waals surface area contributed by atoms with Crippen LogP contribution in [0.2, 0.25) is 0 Å². The van der Waals surface area contributed by atoms with E-state index in [1.54, 1.807) is 6.08 Å². The van der Waals surface area contributed by atoms with Crippen molar-refractivity contribution in [2.45, 2.75) is 20.8 Å². The fourth-order valence-electron chi connectivity index (χ4n) is 4.56. The SMILES string of the molecule is C/C(=C(/c1ccc(/C=C/C(=O)O)cc1)c1ccc(N2CCOCC2)cc1)c1ccc(C)cc1C. The van der Waals surface area contributed by atoms with Gasteiger partial charge in [0.2, 0.25) is 0 Å². The molecule has 0 atom stereocenters. The molecule has 0 aliphatic carbocycles. The highest BCUT2D eigenvalue weighted by atomic mass is 16.5. The number of nitrogens with zero attached hydrogens (tertiary/aromatic N) is 1. The van der Waals surface area contributed by atoms with Crippen molar-refractivity contribution in [3.63, 3.8) is 0 Å². The normalized spacial score (nSPS) is 14.9. The molecule has 0 saturated carbocycles. The van der Waals surface area contributed by atoms with Crippen molar-refractivity contribution < 1.29 is 14.6 Å². The van der Waals surface area contributed by atoms with Crippen LogP contribution in [-0.4, -0.2) is 37.4 Å². The van der Waals surface area contributed by atoms with Crippen LogP contribution < -0.4 is 4.90 Å². The molecule has 4 heteroatoms. The number of aryl methyl sites for hydroxylation is 2. The fourth-order valence-corrected chi connectivity index (χ4v) is 4.56. The molecule has 4 rings (SSSR count). The van der Waals surface area contributed by atoms with Gasteiger partial charge < -0.3 is 14.7 Å². The lowest BCUT2D eigenvalue weighted by atomic mass is 9.88. The Balaban J connectivity index is 1.77. The number of aliphatic carboxylic acids is 1. The zero-order chi connectivity index (χ0) is 24.1. The highest BCUT2D eigenvalue weighted by molar-refractivity contribution is 5.98. The van der Waals surface area contributed by atoms with Gasteiger partial charge in [0.1, 0.15) is 0 Å². The van der Waals surface area contributed by atoms with Gasteiger partial charge >= 0.3 is 5.97 Å². The Bertz CT molecular complexity index is 1210. The summed E-state index contributed by atoms with van der Waals surface area (Å²) in [5.74, 6) is -0.948. The molecule has 0 spiro atoms. The van der Waals surface area contributed by atoms with E-state index in [1.165, 1.54) is 33.5 Å².